The van der Waals surface area contributed by atoms with E-state index >= 15 is 0 Å². The molecule has 0 aliphatic heterocycles. The number of rotatable bonds is 11. The number of aryl methyl sites for hydroxylation is 1. The van der Waals surface area contributed by atoms with Crippen LogP contribution in [0.25, 0.3) is 17.1 Å². The quantitative estimate of drug-likeness (QED) is 0.214. The fourth-order valence-corrected chi connectivity index (χ4v) is 5.17. The van der Waals surface area contributed by atoms with Gasteiger partial charge in [-0.3, -0.25) is 14.3 Å². The van der Waals surface area contributed by atoms with E-state index < -0.39 is 0 Å². The van der Waals surface area contributed by atoms with Crippen LogP contribution >= 0.6 is 23.1 Å². The van der Waals surface area contributed by atoms with Crippen LogP contribution in [0.2, 0.25) is 0 Å². The fraction of sp³-hybridized carbons (Fsp3) is 0.320. The number of thiazole rings is 1. The van der Waals surface area contributed by atoms with Crippen LogP contribution in [0.1, 0.15) is 53.7 Å². The number of hydrogen-bond donors (Lipinski definition) is 1. The van der Waals surface area contributed by atoms with Gasteiger partial charge in [0.05, 0.1) is 5.75 Å². The molecular formula is C25H28N6OS2. The first kappa shape index (κ1) is 24.1. The molecule has 0 bridgehead atoms. The van der Waals surface area contributed by atoms with Gasteiger partial charge in [-0.1, -0.05) is 55.6 Å². The number of carbonyl (C=O) groups is 1. The highest BCUT2D eigenvalue weighted by Gasteiger charge is 2.17. The highest BCUT2D eigenvalue weighted by atomic mass is 32.2. The van der Waals surface area contributed by atoms with Gasteiger partial charge in [-0.15, -0.1) is 21.5 Å². The van der Waals surface area contributed by atoms with Crippen molar-refractivity contribution in [3.05, 3.63) is 70.4 Å². The van der Waals surface area contributed by atoms with Crippen LogP contribution in [-0.4, -0.2) is 37.2 Å². The average molecular weight is 493 g/mol. The summed E-state index contributed by atoms with van der Waals surface area (Å²) in [6.07, 6.45) is 8.02. The van der Waals surface area contributed by atoms with E-state index in [1.165, 1.54) is 29.7 Å². The molecule has 34 heavy (non-hydrogen) atoms. The number of nitrogens with one attached hydrogen (secondary N) is 1. The predicted molar refractivity (Wildman–Crippen MR) is 137 cm³/mol. The van der Waals surface area contributed by atoms with Crippen LogP contribution in [0.3, 0.4) is 0 Å². The molecule has 0 saturated heterocycles. The number of benzene rings is 1. The maximum Gasteiger partial charge on any atom is 0.270 e. The molecular weight excluding hydrogens is 464 g/mol. The summed E-state index contributed by atoms with van der Waals surface area (Å²) in [5.41, 5.74) is 3.61. The molecule has 0 unspecified atom stereocenters. The minimum absolute atomic E-state index is 0.105. The van der Waals surface area contributed by atoms with Crippen LogP contribution in [0.15, 0.2) is 59.3 Å². The van der Waals surface area contributed by atoms with E-state index in [-0.39, 0.29) is 5.91 Å². The number of unbranched alkanes of at least 4 members (excludes halogenated alkanes) is 3. The molecule has 0 radical (unpaired) electrons. The third-order valence-corrected chi connectivity index (χ3v) is 7.26. The Kier molecular flexibility index (Phi) is 8.43. The third-order valence-electron chi connectivity index (χ3n) is 5.29. The summed E-state index contributed by atoms with van der Waals surface area (Å²) >= 11 is 3.05. The Hall–Kier alpha value is -3.04. The zero-order chi connectivity index (χ0) is 23.8. The zero-order valence-corrected chi connectivity index (χ0v) is 21.0. The predicted octanol–water partition coefficient (Wildman–Crippen LogP) is 5.70. The number of carbonyl (C=O) groups excluding carboxylic acids is 1. The molecule has 1 aromatic carbocycles. The van der Waals surface area contributed by atoms with Crippen LogP contribution in [0, 0.1) is 6.92 Å². The lowest BCUT2D eigenvalue weighted by molar-refractivity contribution is 0.0948. The van der Waals surface area contributed by atoms with Gasteiger partial charge in [0.15, 0.2) is 11.0 Å². The van der Waals surface area contributed by atoms with E-state index in [0.717, 1.165) is 40.1 Å². The molecule has 3 heterocycles. The summed E-state index contributed by atoms with van der Waals surface area (Å²) < 4.78 is 2.05. The van der Waals surface area contributed by atoms with E-state index in [4.69, 9.17) is 0 Å². The normalized spacial score (nSPS) is 11.0. The van der Waals surface area contributed by atoms with Crippen molar-refractivity contribution in [1.82, 2.24) is 30.0 Å². The van der Waals surface area contributed by atoms with Crippen molar-refractivity contribution in [3.8, 4) is 17.1 Å². The minimum Gasteiger partial charge on any atom is -0.351 e. The molecule has 7 nitrogen and oxygen atoms in total. The first-order valence-electron chi connectivity index (χ1n) is 11.4. The molecule has 0 aliphatic rings. The van der Waals surface area contributed by atoms with Crippen molar-refractivity contribution in [2.24, 2.45) is 0 Å². The largest absolute Gasteiger partial charge is 0.351 e. The molecule has 176 valence electrons. The van der Waals surface area contributed by atoms with E-state index in [1.807, 2.05) is 17.5 Å². The third kappa shape index (κ3) is 6.09. The molecule has 0 atom stereocenters. The van der Waals surface area contributed by atoms with Crippen molar-refractivity contribution in [3.63, 3.8) is 0 Å². The lowest BCUT2D eigenvalue weighted by Crippen LogP contribution is -2.24. The van der Waals surface area contributed by atoms with Crippen LogP contribution < -0.4 is 5.32 Å². The molecule has 0 saturated carbocycles. The molecule has 0 fully saturated rings. The Morgan fingerprint density at radius 2 is 1.85 bits per heavy atom. The second-order valence-corrected chi connectivity index (χ2v) is 9.83. The van der Waals surface area contributed by atoms with E-state index in [0.29, 0.717) is 18.0 Å². The average Bonchev–Trinajstić information content (AvgIpc) is 3.51. The number of aromatic nitrogens is 5. The van der Waals surface area contributed by atoms with Gasteiger partial charge >= 0.3 is 0 Å². The first-order valence-corrected chi connectivity index (χ1v) is 13.3. The minimum atomic E-state index is -0.105. The number of hydrogen-bond acceptors (Lipinski definition) is 7. The summed E-state index contributed by atoms with van der Waals surface area (Å²) in [4.78, 5) is 21.0. The first-order chi connectivity index (χ1) is 16.7. The second-order valence-electron chi connectivity index (χ2n) is 7.94. The van der Waals surface area contributed by atoms with Crippen molar-refractivity contribution < 1.29 is 4.79 Å². The van der Waals surface area contributed by atoms with Gasteiger partial charge in [0.1, 0.15) is 10.7 Å². The number of amides is 1. The van der Waals surface area contributed by atoms with E-state index in [9.17, 15) is 4.79 Å². The molecule has 3 aromatic heterocycles. The Labute approximate surface area is 208 Å². The molecule has 1 amide bonds. The topological polar surface area (TPSA) is 85.6 Å². The van der Waals surface area contributed by atoms with Gasteiger partial charge in [-0.2, -0.15) is 0 Å². The summed E-state index contributed by atoms with van der Waals surface area (Å²) in [6, 6.07) is 12.1. The van der Waals surface area contributed by atoms with Crippen molar-refractivity contribution in [2.75, 3.05) is 6.54 Å². The summed E-state index contributed by atoms with van der Waals surface area (Å²) in [5, 5.41) is 15.4. The Bertz CT molecular complexity index is 1200. The van der Waals surface area contributed by atoms with Gasteiger partial charge < -0.3 is 5.32 Å². The summed E-state index contributed by atoms with van der Waals surface area (Å²) in [7, 11) is 0. The van der Waals surface area contributed by atoms with Crippen molar-refractivity contribution in [2.45, 2.75) is 50.4 Å². The van der Waals surface area contributed by atoms with E-state index in [1.54, 1.807) is 24.2 Å². The van der Waals surface area contributed by atoms with Gasteiger partial charge in [-0.25, -0.2) is 4.98 Å². The molecule has 1 N–H and O–H groups in total. The van der Waals surface area contributed by atoms with Crippen LogP contribution in [0.5, 0.6) is 0 Å². The van der Waals surface area contributed by atoms with Crippen molar-refractivity contribution in [1.29, 1.82) is 0 Å². The smallest absolute Gasteiger partial charge is 0.270 e. The fourth-order valence-electron chi connectivity index (χ4n) is 3.43. The number of thioether (sulfide) groups is 1. The summed E-state index contributed by atoms with van der Waals surface area (Å²) in [6.45, 7) is 4.94. The molecule has 0 spiro atoms. The number of nitrogens with zero attached hydrogens (tertiary/aromatic N) is 5. The zero-order valence-electron chi connectivity index (χ0n) is 19.4. The lowest BCUT2D eigenvalue weighted by Gasteiger charge is -2.10. The number of pyridine rings is 1. The molecule has 9 heteroatoms. The van der Waals surface area contributed by atoms with Crippen molar-refractivity contribution >= 4 is 29.0 Å². The van der Waals surface area contributed by atoms with Crippen LogP contribution in [-0.2, 0) is 5.75 Å². The summed E-state index contributed by atoms with van der Waals surface area (Å²) in [5.74, 6) is 1.26. The highest BCUT2D eigenvalue weighted by molar-refractivity contribution is 7.98. The molecule has 4 aromatic rings. The Morgan fingerprint density at radius 3 is 2.62 bits per heavy atom. The Balaban J connectivity index is 1.47. The standard InChI is InChI=1S/C25H28N6OS2/c1-3-4-5-6-13-27-24(32)21-16-33-22(28-21)17-34-25-30-29-23(19-11-14-26-15-12-19)31(25)20-9-7-18(2)8-10-20/h7-12,14-16H,3-6,13,17H2,1-2H3,(H,27,32). The molecule has 0 aliphatic carbocycles. The SMILES string of the molecule is CCCCCCNC(=O)c1csc(CSc2nnc(-c3ccncc3)n2-c2ccc(C)cc2)n1. The van der Waals surface area contributed by atoms with Gasteiger partial charge in [0.25, 0.3) is 5.91 Å². The Morgan fingerprint density at radius 1 is 1.06 bits per heavy atom. The highest BCUT2D eigenvalue weighted by Crippen LogP contribution is 2.30. The van der Waals surface area contributed by atoms with Gasteiger partial charge in [0, 0.05) is 35.6 Å². The maximum atomic E-state index is 12.4. The lowest BCUT2D eigenvalue weighted by atomic mass is 10.2. The van der Waals surface area contributed by atoms with Gasteiger partial charge in [-0.05, 0) is 37.6 Å². The van der Waals surface area contributed by atoms with Crippen LogP contribution in [0.4, 0.5) is 0 Å². The van der Waals surface area contributed by atoms with E-state index in [2.05, 4.69) is 68.2 Å². The maximum absolute atomic E-state index is 12.4. The second kappa shape index (κ2) is 11.9. The monoisotopic (exact) mass is 492 g/mol. The van der Waals surface area contributed by atoms with Gasteiger partial charge in [0.2, 0.25) is 0 Å². The molecule has 4 rings (SSSR count).